The van der Waals surface area contributed by atoms with Crippen LogP contribution in [0, 0.1) is 18.3 Å². The Morgan fingerprint density at radius 3 is 2.58 bits per heavy atom. The highest BCUT2D eigenvalue weighted by Gasteiger charge is 2.10. The Labute approximate surface area is 151 Å². The third-order valence-corrected chi connectivity index (χ3v) is 3.78. The van der Waals surface area contributed by atoms with Gasteiger partial charge in [0.25, 0.3) is 0 Å². The van der Waals surface area contributed by atoms with E-state index in [1.807, 2.05) is 37.3 Å². The topological polar surface area (TPSA) is 96.9 Å². The minimum Gasteiger partial charge on any atom is -0.491 e. The summed E-state index contributed by atoms with van der Waals surface area (Å²) in [5, 5.41) is 31.1. The molecule has 0 radical (unpaired) electrons. The molecule has 0 amide bonds. The van der Waals surface area contributed by atoms with Crippen molar-refractivity contribution in [3.63, 3.8) is 0 Å². The summed E-state index contributed by atoms with van der Waals surface area (Å²) in [5.74, 6) is 1.20. The quantitative estimate of drug-likeness (QED) is 0.699. The van der Waals surface area contributed by atoms with Gasteiger partial charge in [-0.2, -0.15) is 10.1 Å². The number of hydrogen-bond donors (Lipinski definition) is 1. The summed E-state index contributed by atoms with van der Waals surface area (Å²) < 4.78 is 5.50. The van der Waals surface area contributed by atoms with Gasteiger partial charge < -0.3 is 9.84 Å². The van der Waals surface area contributed by atoms with Gasteiger partial charge in [-0.15, -0.1) is 10.2 Å². The van der Waals surface area contributed by atoms with Gasteiger partial charge in [0, 0.05) is 6.42 Å². The minimum absolute atomic E-state index is 0.0980. The van der Waals surface area contributed by atoms with E-state index in [0.29, 0.717) is 23.6 Å². The van der Waals surface area contributed by atoms with Crippen LogP contribution < -0.4 is 4.74 Å². The summed E-state index contributed by atoms with van der Waals surface area (Å²) in [7, 11) is 0. The first kappa shape index (κ1) is 17.6. The molecule has 3 rings (SSSR count). The van der Waals surface area contributed by atoms with Crippen molar-refractivity contribution in [3.8, 4) is 11.8 Å². The molecule has 0 bridgehead atoms. The molecule has 1 heterocycles. The Morgan fingerprint density at radius 1 is 1.15 bits per heavy atom. The molecule has 26 heavy (non-hydrogen) atoms. The third-order valence-electron chi connectivity index (χ3n) is 3.78. The lowest BCUT2D eigenvalue weighted by Gasteiger charge is -2.11. The summed E-state index contributed by atoms with van der Waals surface area (Å²) in [6.45, 7) is 2.33. The van der Waals surface area contributed by atoms with Gasteiger partial charge in [0.2, 0.25) is 0 Å². The van der Waals surface area contributed by atoms with Gasteiger partial charge in [-0.05, 0) is 42.0 Å². The second kappa shape index (κ2) is 8.23. The molecule has 2 aromatic carbocycles. The molecule has 0 aliphatic carbocycles. The molecular formula is C19H19N5O2. The average molecular weight is 349 g/mol. The fourth-order valence-corrected chi connectivity index (χ4v) is 2.37. The molecule has 0 aliphatic heterocycles. The van der Waals surface area contributed by atoms with E-state index in [-0.39, 0.29) is 13.2 Å². The molecule has 0 saturated carbocycles. The number of hydrogen-bond acceptors (Lipinski definition) is 6. The lowest BCUT2D eigenvalue weighted by Crippen LogP contribution is -2.25. The van der Waals surface area contributed by atoms with E-state index in [9.17, 15) is 5.11 Å². The van der Waals surface area contributed by atoms with Crippen LogP contribution in [-0.2, 0) is 13.0 Å². The van der Waals surface area contributed by atoms with Crippen molar-refractivity contribution in [2.24, 2.45) is 0 Å². The van der Waals surface area contributed by atoms with Gasteiger partial charge in [-0.25, -0.2) is 0 Å². The highest BCUT2D eigenvalue weighted by Crippen LogP contribution is 2.12. The zero-order chi connectivity index (χ0) is 18.4. The Hall–Kier alpha value is -3.24. The number of tetrazole rings is 1. The van der Waals surface area contributed by atoms with Gasteiger partial charge in [0.15, 0.2) is 5.82 Å². The average Bonchev–Trinajstić information content (AvgIpc) is 3.09. The Kier molecular flexibility index (Phi) is 5.56. The molecule has 1 unspecified atom stereocenters. The number of aliphatic hydroxyl groups is 1. The van der Waals surface area contributed by atoms with Crippen molar-refractivity contribution in [2.45, 2.75) is 26.0 Å². The fraction of sp³-hybridized carbons (Fsp3) is 0.263. The number of aromatic nitrogens is 4. The van der Waals surface area contributed by atoms with Crippen LogP contribution in [0.3, 0.4) is 0 Å². The van der Waals surface area contributed by atoms with Crippen molar-refractivity contribution in [1.82, 2.24) is 20.2 Å². The fourth-order valence-electron chi connectivity index (χ4n) is 2.37. The first-order chi connectivity index (χ1) is 12.6. The first-order valence-electron chi connectivity index (χ1n) is 8.25. The summed E-state index contributed by atoms with van der Waals surface area (Å²) in [5.41, 5.74) is 2.88. The lowest BCUT2D eigenvalue weighted by molar-refractivity contribution is 0.0849. The van der Waals surface area contributed by atoms with Crippen molar-refractivity contribution in [2.75, 3.05) is 6.61 Å². The molecule has 3 aromatic rings. The first-order valence-corrected chi connectivity index (χ1v) is 8.25. The molecule has 0 spiro atoms. The lowest BCUT2D eigenvalue weighted by atomic mass is 10.1. The second-order valence-electron chi connectivity index (χ2n) is 6.02. The van der Waals surface area contributed by atoms with Crippen LogP contribution in [0.15, 0.2) is 48.5 Å². The smallest absolute Gasteiger partial charge is 0.179 e. The summed E-state index contributed by atoms with van der Waals surface area (Å²) in [4.78, 5) is 1.37. The third kappa shape index (κ3) is 4.88. The number of aliphatic hydroxyl groups excluding tert-OH is 1. The Morgan fingerprint density at radius 2 is 1.88 bits per heavy atom. The maximum Gasteiger partial charge on any atom is 0.179 e. The molecular weight excluding hydrogens is 330 g/mol. The van der Waals surface area contributed by atoms with E-state index in [1.165, 1.54) is 10.4 Å². The molecule has 1 aromatic heterocycles. The molecule has 1 atom stereocenters. The van der Waals surface area contributed by atoms with Crippen molar-refractivity contribution in [3.05, 3.63) is 71.0 Å². The molecule has 0 fully saturated rings. The number of aryl methyl sites for hydroxylation is 1. The molecule has 0 aliphatic rings. The number of ether oxygens (including phenoxy) is 1. The van der Waals surface area contributed by atoms with E-state index < -0.39 is 6.10 Å². The summed E-state index contributed by atoms with van der Waals surface area (Å²) >= 11 is 0. The number of rotatable bonds is 7. The highest BCUT2D eigenvalue weighted by atomic mass is 16.5. The van der Waals surface area contributed by atoms with Crippen LogP contribution in [-0.4, -0.2) is 38.0 Å². The number of benzene rings is 2. The minimum atomic E-state index is -0.771. The summed E-state index contributed by atoms with van der Waals surface area (Å²) in [6.07, 6.45) is -0.176. The van der Waals surface area contributed by atoms with Crippen LogP contribution in [0.5, 0.6) is 5.75 Å². The van der Waals surface area contributed by atoms with Gasteiger partial charge in [-0.3, -0.25) is 0 Å². The molecule has 0 saturated heterocycles. The van der Waals surface area contributed by atoms with Gasteiger partial charge in [0.05, 0.1) is 18.2 Å². The van der Waals surface area contributed by atoms with Gasteiger partial charge in [0.1, 0.15) is 18.5 Å². The Balaban J connectivity index is 1.49. The predicted molar refractivity (Wildman–Crippen MR) is 94.5 cm³/mol. The predicted octanol–water partition coefficient (Wildman–Crippen LogP) is 1.88. The van der Waals surface area contributed by atoms with Gasteiger partial charge >= 0.3 is 0 Å². The van der Waals surface area contributed by atoms with Crippen LogP contribution in [0.1, 0.15) is 22.5 Å². The van der Waals surface area contributed by atoms with Crippen LogP contribution in [0.4, 0.5) is 0 Å². The normalized spacial score (nSPS) is 11.7. The standard InChI is InChI=1S/C19H19N5O2/c1-14-2-4-15(5-3-14)10-19-21-23-24(22-19)12-17(25)13-26-18-8-6-16(11-20)7-9-18/h2-9,17,25H,10,12-13H2,1H3. The summed E-state index contributed by atoms with van der Waals surface area (Å²) in [6, 6.07) is 16.9. The Bertz CT molecular complexity index is 882. The largest absolute Gasteiger partial charge is 0.491 e. The van der Waals surface area contributed by atoms with Gasteiger partial charge in [-0.1, -0.05) is 29.8 Å². The van der Waals surface area contributed by atoms with E-state index in [2.05, 4.69) is 15.4 Å². The maximum absolute atomic E-state index is 10.1. The highest BCUT2D eigenvalue weighted by molar-refractivity contribution is 5.34. The molecule has 7 nitrogen and oxygen atoms in total. The monoisotopic (exact) mass is 349 g/mol. The number of nitrogens with zero attached hydrogens (tertiary/aromatic N) is 5. The SMILES string of the molecule is Cc1ccc(Cc2nnn(CC(O)COc3ccc(C#N)cc3)n2)cc1. The van der Waals surface area contributed by atoms with Crippen molar-refractivity contribution < 1.29 is 9.84 Å². The second-order valence-corrected chi connectivity index (χ2v) is 6.02. The zero-order valence-electron chi connectivity index (χ0n) is 14.4. The molecule has 7 heteroatoms. The van der Waals surface area contributed by atoms with Crippen LogP contribution in [0.2, 0.25) is 0 Å². The van der Waals surface area contributed by atoms with E-state index in [4.69, 9.17) is 10.00 Å². The zero-order valence-corrected chi connectivity index (χ0v) is 14.4. The maximum atomic E-state index is 10.1. The van der Waals surface area contributed by atoms with E-state index >= 15 is 0 Å². The van der Waals surface area contributed by atoms with Crippen molar-refractivity contribution in [1.29, 1.82) is 5.26 Å². The number of nitriles is 1. The van der Waals surface area contributed by atoms with E-state index in [1.54, 1.807) is 24.3 Å². The molecule has 132 valence electrons. The van der Waals surface area contributed by atoms with E-state index in [0.717, 1.165) is 5.56 Å². The van der Waals surface area contributed by atoms with Crippen molar-refractivity contribution >= 4 is 0 Å². The van der Waals surface area contributed by atoms with Crippen LogP contribution in [0.25, 0.3) is 0 Å². The van der Waals surface area contributed by atoms with Crippen LogP contribution >= 0.6 is 0 Å². The molecule has 1 N–H and O–H groups in total.